The number of nitrogens with one attached hydrogen (secondary N) is 1. The van der Waals surface area contributed by atoms with E-state index in [2.05, 4.69) is 10.3 Å². The van der Waals surface area contributed by atoms with Gasteiger partial charge in [0.25, 0.3) is 0 Å². The number of aryl methyl sites for hydroxylation is 2. The molecular formula is C16H18F2N2. The molecule has 1 aromatic carbocycles. The first-order valence-corrected chi connectivity index (χ1v) is 6.64. The number of hydrogen-bond donors (Lipinski definition) is 1. The predicted octanol–water partition coefficient (Wildman–Crippen LogP) is 3.68. The van der Waals surface area contributed by atoms with Crippen LogP contribution >= 0.6 is 0 Å². The minimum Gasteiger partial charge on any atom is -0.306 e. The second-order valence-corrected chi connectivity index (χ2v) is 4.88. The summed E-state index contributed by atoms with van der Waals surface area (Å²) >= 11 is 0. The van der Waals surface area contributed by atoms with Gasteiger partial charge in [-0.15, -0.1) is 0 Å². The fraction of sp³-hybridized carbons (Fsp3) is 0.312. The summed E-state index contributed by atoms with van der Waals surface area (Å²) in [6.07, 6.45) is 3.36. The van der Waals surface area contributed by atoms with Gasteiger partial charge in [0.1, 0.15) is 11.6 Å². The summed E-state index contributed by atoms with van der Waals surface area (Å²) < 4.78 is 28.4. The number of hydrogen-bond acceptors (Lipinski definition) is 2. The predicted molar refractivity (Wildman–Crippen MR) is 75.6 cm³/mol. The molecule has 1 N–H and O–H groups in total. The third-order valence-corrected chi connectivity index (χ3v) is 3.25. The summed E-state index contributed by atoms with van der Waals surface area (Å²) in [4.78, 5) is 4.11. The average molecular weight is 276 g/mol. The van der Waals surface area contributed by atoms with Gasteiger partial charge in [0, 0.05) is 18.0 Å². The highest BCUT2D eigenvalue weighted by Crippen LogP contribution is 2.28. The molecule has 106 valence electrons. The number of pyridine rings is 1. The molecule has 1 heterocycles. The van der Waals surface area contributed by atoms with Crippen LogP contribution in [0.1, 0.15) is 35.2 Å². The lowest BCUT2D eigenvalue weighted by molar-refractivity contribution is 0.506. The summed E-state index contributed by atoms with van der Waals surface area (Å²) in [5.41, 5.74) is 2.21. The van der Waals surface area contributed by atoms with E-state index in [-0.39, 0.29) is 5.56 Å². The van der Waals surface area contributed by atoms with Gasteiger partial charge in [0.2, 0.25) is 0 Å². The minimum absolute atomic E-state index is 0.0549. The lowest BCUT2D eigenvalue weighted by Gasteiger charge is -2.21. The molecule has 2 rings (SSSR count). The van der Waals surface area contributed by atoms with Crippen molar-refractivity contribution in [2.45, 2.75) is 26.8 Å². The topological polar surface area (TPSA) is 24.9 Å². The molecule has 0 saturated carbocycles. The van der Waals surface area contributed by atoms with Crippen LogP contribution in [0.15, 0.2) is 30.6 Å². The molecule has 0 amide bonds. The first-order chi connectivity index (χ1) is 9.54. The Balaban J connectivity index is 2.57. The van der Waals surface area contributed by atoms with E-state index >= 15 is 0 Å². The van der Waals surface area contributed by atoms with Gasteiger partial charge >= 0.3 is 0 Å². The van der Waals surface area contributed by atoms with E-state index in [1.807, 2.05) is 19.9 Å². The van der Waals surface area contributed by atoms with Crippen LogP contribution in [0.3, 0.4) is 0 Å². The first-order valence-electron chi connectivity index (χ1n) is 6.64. The molecule has 1 atom stereocenters. The molecule has 0 radical (unpaired) electrons. The van der Waals surface area contributed by atoms with Crippen molar-refractivity contribution in [3.05, 3.63) is 64.5 Å². The monoisotopic (exact) mass is 276 g/mol. The zero-order chi connectivity index (χ0) is 14.7. The molecule has 0 aliphatic heterocycles. The highest BCUT2D eigenvalue weighted by Gasteiger charge is 2.22. The van der Waals surface area contributed by atoms with E-state index in [1.54, 1.807) is 19.3 Å². The van der Waals surface area contributed by atoms with Gasteiger partial charge in [-0.25, -0.2) is 8.78 Å². The van der Waals surface area contributed by atoms with Crippen molar-refractivity contribution in [2.24, 2.45) is 0 Å². The molecule has 0 saturated heterocycles. The minimum atomic E-state index is -0.541. The zero-order valence-electron chi connectivity index (χ0n) is 11.9. The third-order valence-electron chi connectivity index (χ3n) is 3.25. The van der Waals surface area contributed by atoms with E-state index in [1.165, 1.54) is 12.1 Å². The molecular weight excluding hydrogens is 258 g/mol. The van der Waals surface area contributed by atoms with Gasteiger partial charge in [-0.1, -0.05) is 19.1 Å². The van der Waals surface area contributed by atoms with Crippen molar-refractivity contribution in [1.82, 2.24) is 10.3 Å². The Morgan fingerprint density at radius 2 is 1.95 bits per heavy atom. The Labute approximate surface area is 117 Å². The van der Waals surface area contributed by atoms with Crippen LogP contribution in [0.2, 0.25) is 0 Å². The average Bonchev–Trinajstić information content (AvgIpc) is 2.42. The molecule has 1 aromatic heterocycles. The van der Waals surface area contributed by atoms with Crippen LogP contribution < -0.4 is 5.32 Å². The molecule has 0 spiro atoms. The van der Waals surface area contributed by atoms with Crippen molar-refractivity contribution < 1.29 is 8.78 Å². The maximum absolute atomic E-state index is 14.3. The molecule has 20 heavy (non-hydrogen) atoms. The van der Waals surface area contributed by atoms with Crippen LogP contribution in [0, 0.1) is 25.5 Å². The summed E-state index contributed by atoms with van der Waals surface area (Å²) in [5.74, 6) is -1.04. The van der Waals surface area contributed by atoms with E-state index in [0.717, 1.165) is 11.1 Å². The Morgan fingerprint density at radius 3 is 2.60 bits per heavy atom. The fourth-order valence-corrected chi connectivity index (χ4v) is 2.27. The van der Waals surface area contributed by atoms with Crippen LogP contribution in [0.4, 0.5) is 8.78 Å². The van der Waals surface area contributed by atoms with Gasteiger partial charge < -0.3 is 5.32 Å². The van der Waals surface area contributed by atoms with Crippen molar-refractivity contribution in [3.63, 3.8) is 0 Å². The molecule has 2 aromatic rings. The van der Waals surface area contributed by atoms with E-state index in [4.69, 9.17) is 0 Å². The third kappa shape index (κ3) is 2.85. The molecule has 0 aliphatic carbocycles. The number of nitrogens with zero attached hydrogens (tertiary/aromatic N) is 1. The highest BCUT2D eigenvalue weighted by atomic mass is 19.1. The number of aromatic nitrogens is 1. The summed E-state index contributed by atoms with van der Waals surface area (Å²) in [6, 6.07) is 4.11. The van der Waals surface area contributed by atoms with Gasteiger partial charge in [0.15, 0.2) is 0 Å². The van der Waals surface area contributed by atoms with Crippen molar-refractivity contribution in [3.8, 4) is 0 Å². The number of benzene rings is 1. The summed E-state index contributed by atoms with van der Waals surface area (Å²) in [5, 5.41) is 3.13. The van der Waals surface area contributed by atoms with Crippen LogP contribution in [0.5, 0.6) is 0 Å². The standard InChI is InChI=1S/C16H18F2N2/c1-4-20-16(12-7-10(2)8-19-9-12)14-13(17)6-5-11(3)15(14)18/h5-9,16,20H,4H2,1-3H3. The van der Waals surface area contributed by atoms with E-state index < -0.39 is 17.7 Å². The number of rotatable bonds is 4. The maximum atomic E-state index is 14.3. The largest absolute Gasteiger partial charge is 0.306 e. The highest BCUT2D eigenvalue weighted by molar-refractivity contribution is 5.36. The molecule has 1 unspecified atom stereocenters. The van der Waals surface area contributed by atoms with Crippen molar-refractivity contribution in [2.75, 3.05) is 6.54 Å². The Morgan fingerprint density at radius 1 is 1.20 bits per heavy atom. The van der Waals surface area contributed by atoms with Crippen LogP contribution in [0.25, 0.3) is 0 Å². The van der Waals surface area contributed by atoms with E-state index in [0.29, 0.717) is 12.1 Å². The summed E-state index contributed by atoms with van der Waals surface area (Å²) in [6.45, 7) is 6.05. The van der Waals surface area contributed by atoms with Gasteiger partial charge in [-0.3, -0.25) is 4.98 Å². The SMILES string of the molecule is CCNC(c1cncc(C)c1)c1c(F)ccc(C)c1F. The van der Waals surface area contributed by atoms with Crippen LogP contribution in [-0.4, -0.2) is 11.5 Å². The van der Waals surface area contributed by atoms with E-state index in [9.17, 15) is 8.78 Å². The first kappa shape index (κ1) is 14.6. The second-order valence-electron chi connectivity index (χ2n) is 4.88. The number of halogens is 2. The Bertz CT molecular complexity index is 611. The van der Waals surface area contributed by atoms with Crippen molar-refractivity contribution >= 4 is 0 Å². The van der Waals surface area contributed by atoms with Gasteiger partial charge in [-0.2, -0.15) is 0 Å². The lowest BCUT2D eigenvalue weighted by atomic mass is 9.96. The van der Waals surface area contributed by atoms with Crippen LogP contribution in [-0.2, 0) is 0 Å². The molecule has 0 fully saturated rings. The molecule has 4 heteroatoms. The molecule has 0 aliphatic rings. The Hall–Kier alpha value is -1.81. The lowest BCUT2D eigenvalue weighted by Crippen LogP contribution is -2.24. The molecule has 2 nitrogen and oxygen atoms in total. The van der Waals surface area contributed by atoms with Gasteiger partial charge in [0.05, 0.1) is 6.04 Å². The van der Waals surface area contributed by atoms with Crippen molar-refractivity contribution in [1.29, 1.82) is 0 Å². The fourth-order valence-electron chi connectivity index (χ4n) is 2.27. The smallest absolute Gasteiger partial charge is 0.134 e. The summed E-state index contributed by atoms with van der Waals surface area (Å²) in [7, 11) is 0. The maximum Gasteiger partial charge on any atom is 0.134 e. The normalized spacial score (nSPS) is 12.4. The van der Waals surface area contributed by atoms with Gasteiger partial charge in [-0.05, 0) is 43.1 Å². The second kappa shape index (κ2) is 6.09. The zero-order valence-corrected chi connectivity index (χ0v) is 11.9. The quantitative estimate of drug-likeness (QED) is 0.921. The Kier molecular flexibility index (Phi) is 4.45. The molecule has 0 bridgehead atoms.